The van der Waals surface area contributed by atoms with Crippen molar-refractivity contribution in [3.63, 3.8) is 0 Å². The number of rotatable bonds is 5. The van der Waals surface area contributed by atoms with Gasteiger partial charge in [0.15, 0.2) is 0 Å². The average molecular weight is 319 g/mol. The number of hydrogen-bond acceptors (Lipinski definition) is 7. The number of thiophene rings is 1. The summed E-state index contributed by atoms with van der Waals surface area (Å²) in [5.41, 5.74) is 1.13. The maximum atomic E-state index is 4.52. The van der Waals surface area contributed by atoms with Crippen molar-refractivity contribution in [3.8, 4) is 0 Å². The van der Waals surface area contributed by atoms with Gasteiger partial charge in [-0.2, -0.15) is 4.98 Å². The molecule has 3 rings (SSSR count). The zero-order valence-electron chi connectivity index (χ0n) is 12.2. The lowest BCUT2D eigenvalue weighted by molar-refractivity contribution is 0.961. The minimum absolute atomic E-state index is 0.649. The van der Waals surface area contributed by atoms with Crippen molar-refractivity contribution in [1.82, 2.24) is 15.0 Å². The highest BCUT2D eigenvalue weighted by Crippen LogP contribution is 2.29. The van der Waals surface area contributed by atoms with Gasteiger partial charge >= 0.3 is 0 Å². The lowest BCUT2D eigenvalue weighted by Gasteiger charge is -2.07. The molecule has 0 amide bonds. The maximum Gasteiger partial charge on any atom is 0.225 e. The van der Waals surface area contributed by atoms with Crippen LogP contribution in [0.2, 0.25) is 0 Å². The third kappa shape index (κ3) is 3.14. The van der Waals surface area contributed by atoms with Crippen molar-refractivity contribution in [2.45, 2.75) is 20.3 Å². The molecule has 0 aliphatic heterocycles. The van der Waals surface area contributed by atoms with Crippen molar-refractivity contribution in [2.24, 2.45) is 0 Å². The molecule has 0 unspecified atom stereocenters. The van der Waals surface area contributed by atoms with Crippen molar-refractivity contribution >= 4 is 44.7 Å². The smallest absolute Gasteiger partial charge is 0.225 e. The van der Waals surface area contributed by atoms with Gasteiger partial charge in [0, 0.05) is 30.3 Å². The number of hydrogen-bond donors (Lipinski definition) is 2. The summed E-state index contributed by atoms with van der Waals surface area (Å²) < 4.78 is 0. The molecule has 0 atom stereocenters. The summed E-state index contributed by atoms with van der Waals surface area (Å²) in [5, 5.41) is 10.7. The zero-order chi connectivity index (χ0) is 14.8. The molecule has 0 bridgehead atoms. The number of aromatic nitrogens is 3. The van der Waals surface area contributed by atoms with Gasteiger partial charge in [0.05, 0.1) is 16.1 Å². The van der Waals surface area contributed by atoms with E-state index in [0.29, 0.717) is 5.95 Å². The lowest BCUT2D eigenvalue weighted by Crippen LogP contribution is -2.08. The summed E-state index contributed by atoms with van der Waals surface area (Å²) in [4.78, 5) is 15.7. The van der Waals surface area contributed by atoms with Crippen LogP contribution in [0.4, 0.5) is 11.8 Å². The molecular formula is C14H17N5S2. The van der Waals surface area contributed by atoms with Crippen molar-refractivity contribution in [2.75, 3.05) is 24.2 Å². The molecule has 7 heteroatoms. The molecule has 3 aromatic rings. The highest BCUT2D eigenvalue weighted by molar-refractivity contribution is 7.18. The Kier molecular flexibility index (Phi) is 4.03. The van der Waals surface area contributed by atoms with E-state index in [1.54, 1.807) is 22.7 Å². The molecule has 21 heavy (non-hydrogen) atoms. The van der Waals surface area contributed by atoms with E-state index in [0.717, 1.165) is 39.7 Å². The van der Waals surface area contributed by atoms with Crippen molar-refractivity contribution < 1.29 is 0 Å². The van der Waals surface area contributed by atoms with Gasteiger partial charge in [0.1, 0.15) is 10.6 Å². The molecule has 0 radical (unpaired) electrons. The second-order valence-electron chi connectivity index (χ2n) is 4.76. The van der Waals surface area contributed by atoms with Crippen LogP contribution in [-0.2, 0) is 6.42 Å². The van der Waals surface area contributed by atoms with Crippen LogP contribution in [0, 0.1) is 13.8 Å². The summed E-state index contributed by atoms with van der Waals surface area (Å²) in [6, 6.07) is 2.13. The normalized spacial score (nSPS) is 11.0. The molecule has 0 spiro atoms. The predicted molar refractivity (Wildman–Crippen MR) is 90.7 cm³/mol. The SMILES string of the molecule is CNc1nc(NCCc2csc(C)n2)c2cc(C)sc2n1. The van der Waals surface area contributed by atoms with E-state index in [9.17, 15) is 0 Å². The first-order valence-corrected chi connectivity index (χ1v) is 8.46. The Morgan fingerprint density at radius 2 is 2.05 bits per heavy atom. The first kappa shape index (κ1) is 14.2. The van der Waals surface area contributed by atoms with E-state index < -0.39 is 0 Å². The highest BCUT2D eigenvalue weighted by atomic mass is 32.1. The fourth-order valence-electron chi connectivity index (χ4n) is 2.12. The molecule has 0 aliphatic rings. The van der Waals surface area contributed by atoms with Crippen LogP contribution in [0.3, 0.4) is 0 Å². The molecule has 2 N–H and O–H groups in total. The van der Waals surface area contributed by atoms with E-state index in [1.165, 1.54) is 4.88 Å². The number of aryl methyl sites for hydroxylation is 2. The summed E-state index contributed by atoms with van der Waals surface area (Å²) in [5.74, 6) is 1.54. The van der Waals surface area contributed by atoms with Crippen molar-refractivity contribution in [1.29, 1.82) is 0 Å². The van der Waals surface area contributed by atoms with Crippen LogP contribution < -0.4 is 10.6 Å². The Bertz CT molecular complexity index is 762. The minimum Gasteiger partial charge on any atom is -0.369 e. The Hall–Kier alpha value is -1.73. The van der Waals surface area contributed by atoms with Gasteiger partial charge in [-0.3, -0.25) is 0 Å². The molecule has 0 saturated heterocycles. The fraction of sp³-hybridized carbons (Fsp3) is 0.357. The Balaban J connectivity index is 1.78. The van der Waals surface area contributed by atoms with Gasteiger partial charge in [-0.05, 0) is 19.9 Å². The largest absolute Gasteiger partial charge is 0.369 e. The lowest BCUT2D eigenvalue weighted by atomic mass is 10.3. The average Bonchev–Trinajstić information content (AvgIpc) is 3.03. The van der Waals surface area contributed by atoms with E-state index in [-0.39, 0.29) is 0 Å². The molecule has 3 heterocycles. The third-order valence-corrected chi connectivity index (χ3v) is 4.85. The van der Waals surface area contributed by atoms with E-state index >= 15 is 0 Å². The number of nitrogens with one attached hydrogen (secondary N) is 2. The molecular weight excluding hydrogens is 302 g/mol. The van der Waals surface area contributed by atoms with Gasteiger partial charge in [-0.25, -0.2) is 9.97 Å². The van der Waals surface area contributed by atoms with Crippen LogP contribution in [0.1, 0.15) is 15.6 Å². The minimum atomic E-state index is 0.649. The number of thiazole rings is 1. The standard InChI is InChI=1S/C14H17N5S2/c1-8-6-11-12(18-14(15-3)19-13(11)21-8)16-5-4-10-7-20-9(2)17-10/h6-7H,4-5H2,1-3H3,(H2,15,16,18,19). The van der Waals surface area contributed by atoms with Gasteiger partial charge < -0.3 is 10.6 Å². The summed E-state index contributed by atoms with van der Waals surface area (Å²) >= 11 is 3.38. The van der Waals surface area contributed by atoms with Gasteiger partial charge in [0.2, 0.25) is 5.95 Å². The van der Waals surface area contributed by atoms with E-state index in [1.807, 2.05) is 14.0 Å². The topological polar surface area (TPSA) is 62.7 Å². The van der Waals surface area contributed by atoms with Gasteiger partial charge in [-0.15, -0.1) is 22.7 Å². The summed E-state index contributed by atoms with van der Waals surface area (Å²) in [6.45, 7) is 4.93. The maximum absolute atomic E-state index is 4.52. The molecule has 5 nitrogen and oxygen atoms in total. The second kappa shape index (κ2) is 5.95. The zero-order valence-corrected chi connectivity index (χ0v) is 13.9. The Labute approximate surface area is 131 Å². The van der Waals surface area contributed by atoms with Crippen LogP contribution in [0.25, 0.3) is 10.2 Å². The first-order valence-electron chi connectivity index (χ1n) is 6.76. The molecule has 110 valence electrons. The van der Waals surface area contributed by atoms with Crippen LogP contribution in [0.5, 0.6) is 0 Å². The van der Waals surface area contributed by atoms with Gasteiger partial charge in [-0.1, -0.05) is 0 Å². The Morgan fingerprint density at radius 3 is 2.76 bits per heavy atom. The second-order valence-corrected chi connectivity index (χ2v) is 7.05. The number of nitrogens with zero attached hydrogens (tertiary/aromatic N) is 3. The highest BCUT2D eigenvalue weighted by Gasteiger charge is 2.10. The Morgan fingerprint density at radius 1 is 1.19 bits per heavy atom. The monoisotopic (exact) mass is 319 g/mol. The summed E-state index contributed by atoms with van der Waals surface area (Å²) in [7, 11) is 1.84. The molecule has 0 fully saturated rings. The third-order valence-electron chi connectivity index (χ3n) is 3.08. The van der Waals surface area contributed by atoms with E-state index in [2.05, 4.69) is 44.0 Å². The molecule has 0 aromatic carbocycles. The van der Waals surface area contributed by atoms with Crippen LogP contribution in [0.15, 0.2) is 11.4 Å². The number of anilines is 2. The fourth-order valence-corrected chi connectivity index (χ4v) is 3.65. The van der Waals surface area contributed by atoms with E-state index in [4.69, 9.17) is 0 Å². The summed E-state index contributed by atoms with van der Waals surface area (Å²) in [6.07, 6.45) is 0.897. The first-order chi connectivity index (χ1) is 10.2. The molecule has 0 aliphatic carbocycles. The van der Waals surface area contributed by atoms with Crippen LogP contribution in [-0.4, -0.2) is 28.5 Å². The molecule has 3 aromatic heterocycles. The van der Waals surface area contributed by atoms with Gasteiger partial charge in [0.25, 0.3) is 0 Å². The number of fused-ring (bicyclic) bond motifs is 1. The van der Waals surface area contributed by atoms with Crippen LogP contribution >= 0.6 is 22.7 Å². The molecule has 0 saturated carbocycles. The quantitative estimate of drug-likeness (QED) is 0.754. The predicted octanol–water partition coefficient (Wildman–Crippen LogP) is 3.46. The van der Waals surface area contributed by atoms with Crippen molar-refractivity contribution in [3.05, 3.63) is 27.0 Å².